The van der Waals surface area contributed by atoms with Crippen molar-refractivity contribution in [3.8, 4) is 0 Å². The third-order valence-corrected chi connectivity index (χ3v) is 5.71. The summed E-state index contributed by atoms with van der Waals surface area (Å²) in [5.41, 5.74) is 2.73. The number of amides is 3. The van der Waals surface area contributed by atoms with Crippen LogP contribution in [0.15, 0.2) is 77.5 Å². The number of halogens is 2. The van der Waals surface area contributed by atoms with Crippen molar-refractivity contribution >= 4 is 46.4 Å². The van der Waals surface area contributed by atoms with Crippen molar-refractivity contribution in [2.45, 2.75) is 13.8 Å². The van der Waals surface area contributed by atoms with E-state index in [0.29, 0.717) is 11.4 Å². The molecule has 0 saturated heterocycles. The highest BCUT2D eigenvalue weighted by Crippen LogP contribution is 2.33. The van der Waals surface area contributed by atoms with Gasteiger partial charge in [-0.2, -0.15) is 0 Å². The summed E-state index contributed by atoms with van der Waals surface area (Å²) >= 11 is 6.22. The third kappa shape index (κ3) is 4.23. The Bertz CT molecular complexity index is 1340. The van der Waals surface area contributed by atoms with E-state index in [-0.39, 0.29) is 22.0 Å². The molecule has 0 radical (unpaired) electrons. The van der Waals surface area contributed by atoms with Gasteiger partial charge in [-0.25, -0.2) is 9.29 Å². The first-order valence-electron chi connectivity index (χ1n) is 10.1. The fraction of sp³-hybridized carbons (Fsp3) is 0.0800. The van der Waals surface area contributed by atoms with E-state index < -0.39 is 23.5 Å². The van der Waals surface area contributed by atoms with Crippen molar-refractivity contribution < 1.29 is 18.8 Å². The Morgan fingerprint density at radius 1 is 0.939 bits per heavy atom. The Hall–Kier alpha value is -3.97. The second-order valence-electron chi connectivity index (χ2n) is 7.49. The molecule has 0 spiro atoms. The second-order valence-corrected chi connectivity index (χ2v) is 7.87. The molecule has 0 bridgehead atoms. The van der Waals surface area contributed by atoms with Crippen molar-refractivity contribution in [2.75, 3.05) is 15.5 Å². The summed E-state index contributed by atoms with van der Waals surface area (Å²) in [6, 6.07) is 17.4. The van der Waals surface area contributed by atoms with Gasteiger partial charge in [0.05, 0.1) is 11.4 Å². The Kier molecular flexibility index (Phi) is 5.98. The van der Waals surface area contributed by atoms with Crippen molar-refractivity contribution in [3.05, 3.63) is 100.0 Å². The number of hydrogen-bond donors (Lipinski definition) is 2. The predicted molar refractivity (Wildman–Crippen MR) is 126 cm³/mol. The first kappa shape index (κ1) is 22.2. The van der Waals surface area contributed by atoms with Gasteiger partial charge in [-0.15, -0.1) is 0 Å². The van der Waals surface area contributed by atoms with Crippen LogP contribution in [-0.4, -0.2) is 17.7 Å². The molecule has 6 nitrogen and oxygen atoms in total. The average Bonchev–Trinajstić information content (AvgIpc) is 3.00. The van der Waals surface area contributed by atoms with Gasteiger partial charge >= 0.3 is 0 Å². The number of carbonyl (C=O) groups excluding carboxylic acids is 3. The third-order valence-electron chi connectivity index (χ3n) is 5.36. The normalized spacial score (nSPS) is 13.5. The van der Waals surface area contributed by atoms with E-state index in [1.54, 1.807) is 36.4 Å². The van der Waals surface area contributed by atoms with Crippen molar-refractivity contribution in [1.29, 1.82) is 0 Å². The molecule has 33 heavy (non-hydrogen) atoms. The Balaban J connectivity index is 1.57. The van der Waals surface area contributed by atoms with Gasteiger partial charge in [-0.05, 0) is 61.4 Å². The molecule has 1 aliphatic heterocycles. The van der Waals surface area contributed by atoms with Crippen LogP contribution in [0.5, 0.6) is 0 Å². The SMILES string of the molecule is Cc1cccc(N2C(=O)C(Cl)=C(Nc3cccc(C(=O)Nc4ccccc4F)c3)C2=O)c1C. The maximum atomic E-state index is 13.8. The minimum absolute atomic E-state index is 0.0485. The first-order valence-corrected chi connectivity index (χ1v) is 10.4. The molecule has 2 N–H and O–H groups in total. The monoisotopic (exact) mass is 463 g/mol. The van der Waals surface area contributed by atoms with Crippen LogP contribution in [0, 0.1) is 19.7 Å². The predicted octanol–water partition coefficient (Wildman–Crippen LogP) is 5.13. The zero-order valence-electron chi connectivity index (χ0n) is 17.8. The lowest BCUT2D eigenvalue weighted by molar-refractivity contribution is -0.120. The van der Waals surface area contributed by atoms with Gasteiger partial charge in [0.15, 0.2) is 0 Å². The van der Waals surface area contributed by atoms with Crippen molar-refractivity contribution in [1.82, 2.24) is 0 Å². The van der Waals surface area contributed by atoms with E-state index in [4.69, 9.17) is 11.6 Å². The van der Waals surface area contributed by atoms with E-state index >= 15 is 0 Å². The summed E-state index contributed by atoms with van der Waals surface area (Å²) in [5.74, 6) is -2.32. The first-order chi connectivity index (χ1) is 15.8. The fourth-order valence-electron chi connectivity index (χ4n) is 3.45. The highest BCUT2D eigenvalue weighted by atomic mass is 35.5. The van der Waals surface area contributed by atoms with Crippen LogP contribution in [0.2, 0.25) is 0 Å². The number of nitrogens with zero attached hydrogens (tertiary/aromatic N) is 1. The molecule has 0 atom stereocenters. The Morgan fingerprint density at radius 2 is 1.67 bits per heavy atom. The maximum Gasteiger partial charge on any atom is 0.283 e. The van der Waals surface area contributed by atoms with E-state index in [9.17, 15) is 18.8 Å². The lowest BCUT2D eigenvalue weighted by Crippen LogP contribution is -2.33. The van der Waals surface area contributed by atoms with Gasteiger partial charge < -0.3 is 10.6 Å². The summed E-state index contributed by atoms with van der Waals surface area (Å²) in [5, 5.41) is 5.11. The van der Waals surface area contributed by atoms with E-state index in [2.05, 4.69) is 10.6 Å². The summed E-state index contributed by atoms with van der Waals surface area (Å²) < 4.78 is 13.8. The molecule has 3 aromatic rings. The number of carbonyl (C=O) groups is 3. The Labute approximate surface area is 194 Å². The molecular formula is C25H19ClFN3O3. The molecule has 1 aliphatic rings. The smallest absolute Gasteiger partial charge is 0.283 e. The number of imide groups is 1. The molecule has 8 heteroatoms. The van der Waals surface area contributed by atoms with Crippen LogP contribution in [0.1, 0.15) is 21.5 Å². The number of aryl methyl sites for hydroxylation is 1. The topological polar surface area (TPSA) is 78.5 Å². The van der Waals surface area contributed by atoms with Crippen LogP contribution in [0.4, 0.5) is 21.5 Å². The van der Waals surface area contributed by atoms with Gasteiger partial charge in [-0.3, -0.25) is 14.4 Å². The number of para-hydroxylation sites is 1. The van der Waals surface area contributed by atoms with E-state index in [1.807, 2.05) is 19.9 Å². The minimum atomic E-state index is -0.633. The van der Waals surface area contributed by atoms with E-state index in [0.717, 1.165) is 16.0 Å². The molecule has 0 fully saturated rings. The standard InChI is InChI=1S/C25H19ClFN3O3/c1-14-7-5-12-20(15(14)2)30-24(32)21(26)22(25(30)33)28-17-9-6-8-16(13-17)23(31)29-19-11-4-3-10-18(19)27/h3-13,28H,1-2H3,(H,29,31). The van der Waals surface area contributed by atoms with Gasteiger partial charge in [0, 0.05) is 11.3 Å². The molecule has 4 rings (SSSR count). The van der Waals surface area contributed by atoms with Gasteiger partial charge in [0.2, 0.25) is 0 Å². The molecule has 1 heterocycles. The fourth-order valence-corrected chi connectivity index (χ4v) is 3.66. The molecule has 166 valence electrons. The van der Waals surface area contributed by atoms with Gasteiger partial charge in [-0.1, -0.05) is 41.9 Å². The molecule has 3 amide bonds. The van der Waals surface area contributed by atoms with Crippen LogP contribution < -0.4 is 15.5 Å². The zero-order valence-corrected chi connectivity index (χ0v) is 18.5. The molecule has 0 aliphatic carbocycles. The average molecular weight is 464 g/mol. The lowest BCUT2D eigenvalue weighted by atomic mass is 10.1. The maximum absolute atomic E-state index is 13.8. The molecular weight excluding hydrogens is 445 g/mol. The molecule has 3 aromatic carbocycles. The number of benzene rings is 3. The van der Waals surface area contributed by atoms with Crippen LogP contribution in [0.25, 0.3) is 0 Å². The molecule has 0 unspecified atom stereocenters. The Morgan fingerprint density at radius 3 is 2.42 bits per heavy atom. The number of rotatable bonds is 5. The number of hydrogen-bond acceptors (Lipinski definition) is 4. The highest BCUT2D eigenvalue weighted by molar-refractivity contribution is 6.53. The highest BCUT2D eigenvalue weighted by Gasteiger charge is 2.39. The second kappa shape index (κ2) is 8.88. The van der Waals surface area contributed by atoms with Crippen LogP contribution in [0.3, 0.4) is 0 Å². The number of anilines is 3. The van der Waals surface area contributed by atoms with Crippen molar-refractivity contribution in [3.63, 3.8) is 0 Å². The summed E-state index contributed by atoms with van der Waals surface area (Å²) in [6.07, 6.45) is 0. The summed E-state index contributed by atoms with van der Waals surface area (Å²) in [4.78, 5) is 39.4. The van der Waals surface area contributed by atoms with Crippen LogP contribution >= 0.6 is 11.6 Å². The molecule has 0 saturated carbocycles. The largest absolute Gasteiger partial charge is 0.350 e. The minimum Gasteiger partial charge on any atom is -0.350 e. The molecule has 0 aromatic heterocycles. The van der Waals surface area contributed by atoms with Gasteiger partial charge in [0.25, 0.3) is 17.7 Å². The van der Waals surface area contributed by atoms with Crippen molar-refractivity contribution in [2.24, 2.45) is 0 Å². The van der Waals surface area contributed by atoms with E-state index in [1.165, 1.54) is 24.3 Å². The number of nitrogens with one attached hydrogen (secondary N) is 2. The lowest BCUT2D eigenvalue weighted by Gasteiger charge is -2.18. The van der Waals surface area contributed by atoms with Crippen LogP contribution in [-0.2, 0) is 9.59 Å². The quantitative estimate of drug-likeness (QED) is 0.514. The van der Waals surface area contributed by atoms with Gasteiger partial charge in [0.1, 0.15) is 16.5 Å². The zero-order chi connectivity index (χ0) is 23.7. The summed E-state index contributed by atoms with van der Waals surface area (Å²) in [7, 11) is 0. The summed E-state index contributed by atoms with van der Waals surface area (Å²) in [6.45, 7) is 3.71.